The molecule has 30 heavy (non-hydrogen) atoms. The lowest BCUT2D eigenvalue weighted by Crippen LogP contribution is -2.30. The van der Waals surface area contributed by atoms with Gasteiger partial charge >= 0.3 is 5.97 Å². The quantitative estimate of drug-likeness (QED) is 0.584. The lowest BCUT2D eigenvalue weighted by atomic mass is 10.2. The molecule has 2 aromatic carbocycles. The van der Waals surface area contributed by atoms with E-state index in [1.165, 1.54) is 6.92 Å². The van der Waals surface area contributed by atoms with Crippen LogP contribution in [-0.2, 0) is 16.1 Å². The van der Waals surface area contributed by atoms with Gasteiger partial charge in [-0.3, -0.25) is 4.79 Å². The van der Waals surface area contributed by atoms with Gasteiger partial charge in [0.1, 0.15) is 18.1 Å². The van der Waals surface area contributed by atoms with Crippen LogP contribution in [0.25, 0.3) is 0 Å². The second-order valence-electron chi connectivity index (χ2n) is 7.02. The lowest BCUT2D eigenvalue weighted by Gasteiger charge is -2.14. The molecule has 0 aliphatic rings. The zero-order valence-electron chi connectivity index (χ0n) is 17.4. The molecule has 0 fully saturated rings. The van der Waals surface area contributed by atoms with Crippen molar-refractivity contribution < 1.29 is 23.6 Å². The van der Waals surface area contributed by atoms with Gasteiger partial charge in [0.25, 0.3) is 5.91 Å². The van der Waals surface area contributed by atoms with Crippen LogP contribution in [0.2, 0.25) is 0 Å². The van der Waals surface area contributed by atoms with Gasteiger partial charge in [-0.2, -0.15) is 0 Å². The first-order valence-corrected chi connectivity index (χ1v) is 9.56. The second-order valence-corrected chi connectivity index (χ2v) is 7.02. The minimum absolute atomic E-state index is 0.321. The molecule has 0 saturated carbocycles. The van der Waals surface area contributed by atoms with Gasteiger partial charge in [0, 0.05) is 5.69 Å². The molecular formula is C23H24N2O5. The first-order valence-electron chi connectivity index (χ1n) is 9.56. The van der Waals surface area contributed by atoms with Crippen molar-refractivity contribution >= 4 is 17.6 Å². The maximum atomic E-state index is 12.3. The normalized spacial score (nSPS) is 11.6. The Morgan fingerprint density at radius 2 is 1.70 bits per heavy atom. The minimum Gasteiger partial charge on any atom is -0.489 e. The first-order chi connectivity index (χ1) is 14.3. The van der Waals surface area contributed by atoms with Crippen molar-refractivity contribution in [1.82, 2.24) is 5.16 Å². The van der Waals surface area contributed by atoms with Crippen LogP contribution in [0, 0.1) is 20.8 Å². The molecule has 7 nitrogen and oxygen atoms in total. The summed E-state index contributed by atoms with van der Waals surface area (Å²) in [6, 6.07) is 13.9. The van der Waals surface area contributed by atoms with Crippen molar-refractivity contribution in [1.29, 1.82) is 0 Å². The van der Waals surface area contributed by atoms with E-state index >= 15 is 0 Å². The third-order valence-electron chi connectivity index (χ3n) is 4.63. The van der Waals surface area contributed by atoms with Crippen molar-refractivity contribution in [3.63, 3.8) is 0 Å². The van der Waals surface area contributed by atoms with Crippen LogP contribution in [0.4, 0.5) is 5.69 Å². The fraction of sp³-hybridized carbons (Fsp3) is 0.261. The Kier molecular flexibility index (Phi) is 6.51. The average molecular weight is 408 g/mol. The Bertz CT molecular complexity index is 1000. The zero-order valence-corrected chi connectivity index (χ0v) is 17.4. The smallest absolute Gasteiger partial charge is 0.338 e. The van der Waals surface area contributed by atoms with Crippen LogP contribution < -0.4 is 10.1 Å². The largest absolute Gasteiger partial charge is 0.489 e. The first kappa shape index (κ1) is 21.1. The predicted molar refractivity (Wildman–Crippen MR) is 111 cm³/mol. The van der Waals surface area contributed by atoms with Gasteiger partial charge in [-0.25, -0.2) is 4.79 Å². The van der Waals surface area contributed by atoms with Crippen LogP contribution in [0.1, 0.15) is 39.9 Å². The van der Waals surface area contributed by atoms with E-state index < -0.39 is 18.0 Å². The number of anilines is 1. The maximum Gasteiger partial charge on any atom is 0.338 e. The molecule has 1 N–H and O–H groups in total. The van der Waals surface area contributed by atoms with Gasteiger partial charge < -0.3 is 19.3 Å². The summed E-state index contributed by atoms with van der Waals surface area (Å²) in [6.45, 7) is 7.49. The van der Waals surface area contributed by atoms with E-state index in [2.05, 4.69) is 10.5 Å². The highest BCUT2D eigenvalue weighted by Crippen LogP contribution is 2.18. The van der Waals surface area contributed by atoms with Gasteiger partial charge in [0.15, 0.2) is 6.10 Å². The third kappa shape index (κ3) is 5.26. The van der Waals surface area contributed by atoms with Crippen molar-refractivity contribution in [3.05, 3.63) is 76.7 Å². The van der Waals surface area contributed by atoms with Crippen molar-refractivity contribution in [2.45, 2.75) is 40.4 Å². The number of rotatable bonds is 7. The summed E-state index contributed by atoms with van der Waals surface area (Å²) in [5.41, 5.74) is 3.74. The summed E-state index contributed by atoms with van der Waals surface area (Å²) in [4.78, 5) is 24.6. The second kappa shape index (κ2) is 9.26. The van der Waals surface area contributed by atoms with E-state index in [1.807, 2.05) is 32.9 Å². The van der Waals surface area contributed by atoms with Crippen molar-refractivity contribution in [2.75, 3.05) is 5.32 Å². The summed E-state index contributed by atoms with van der Waals surface area (Å²) in [5.74, 6) is 0.327. The molecule has 0 radical (unpaired) electrons. The number of aryl methyl sites for hydroxylation is 3. The monoisotopic (exact) mass is 408 g/mol. The van der Waals surface area contributed by atoms with Crippen LogP contribution in [-0.4, -0.2) is 23.1 Å². The van der Waals surface area contributed by atoms with E-state index in [0.717, 1.165) is 16.8 Å². The average Bonchev–Trinajstić information content (AvgIpc) is 3.05. The third-order valence-corrected chi connectivity index (χ3v) is 4.63. The topological polar surface area (TPSA) is 90.7 Å². The fourth-order valence-electron chi connectivity index (χ4n) is 2.71. The molecule has 7 heteroatoms. The number of nitrogens with one attached hydrogen (secondary N) is 1. The fourth-order valence-corrected chi connectivity index (χ4v) is 2.71. The molecule has 3 rings (SSSR count). The number of hydrogen-bond donors (Lipinski definition) is 1. The molecule has 156 valence electrons. The van der Waals surface area contributed by atoms with Crippen LogP contribution in [0.15, 0.2) is 53.1 Å². The summed E-state index contributed by atoms with van der Waals surface area (Å²) in [6.07, 6.45) is -0.936. The van der Waals surface area contributed by atoms with Gasteiger partial charge in [0.2, 0.25) is 0 Å². The van der Waals surface area contributed by atoms with Crippen molar-refractivity contribution in [2.24, 2.45) is 0 Å². The number of esters is 1. The molecule has 0 aliphatic carbocycles. The van der Waals surface area contributed by atoms with Gasteiger partial charge in [-0.05, 0) is 64.1 Å². The van der Waals surface area contributed by atoms with Crippen molar-refractivity contribution in [3.8, 4) is 5.75 Å². The van der Waals surface area contributed by atoms with E-state index in [4.69, 9.17) is 14.0 Å². The predicted octanol–water partition coefficient (Wildman–Crippen LogP) is 4.36. The highest BCUT2D eigenvalue weighted by Gasteiger charge is 2.19. The molecule has 0 spiro atoms. The minimum atomic E-state index is -0.936. The van der Waals surface area contributed by atoms with Gasteiger partial charge in [-0.15, -0.1) is 0 Å². The number of benzene rings is 2. The van der Waals surface area contributed by atoms with Gasteiger partial charge in [0.05, 0.1) is 16.8 Å². The number of carbonyl (C=O) groups is 2. The number of hydrogen-bond acceptors (Lipinski definition) is 6. The van der Waals surface area contributed by atoms with Gasteiger partial charge in [-0.1, -0.05) is 22.9 Å². The summed E-state index contributed by atoms with van der Waals surface area (Å²) >= 11 is 0. The Labute approximate surface area is 175 Å². The van der Waals surface area contributed by atoms with E-state index in [1.54, 1.807) is 36.4 Å². The zero-order chi connectivity index (χ0) is 21.7. The molecule has 1 atom stereocenters. The van der Waals surface area contributed by atoms with Crippen LogP contribution in [0.5, 0.6) is 5.75 Å². The van der Waals surface area contributed by atoms with Crippen LogP contribution >= 0.6 is 0 Å². The lowest BCUT2D eigenvalue weighted by molar-refractivity contribution is -0.123. The highest BCUT2D eigenvalue weighted by atomic mass is 16.5. The molecule has 1 amide bonds. The Balaban J connectivity index is 1.53. The SMILES string of the molecule is Cc1ccc(NC(=O)[C@H](C)OC(=O)c2ccc(OCc3c(C)noc3C)cc2)cc1. The Morgan fingerprint density at radius 3 is 2.30 bits per heavy atom. The van der Waals surface area contributed by atoms with E-state index in [0.29, 0.717) is 29.4 Å². The maximum absolute atomic E-state index is 12.3. The van der Waals surface area contributed by atoms with E-state index in [-0.39, 0.29) is 0 Å². The number of aromatic nitrogens is 1. The molecule has 1 heterocycles. The highest BCUT2D eigenvalue weighted by molar-refractivity contribution is 5.97. The summed E-state index contributed by atoms with van der Waals surface area (Å²) < 4.78 is 16.1. The number of ether oxygens (including phenoxy) is 2. The molecule has 3 aromatic rings. The number of nitrogens with zero attached hydrogens (tertiary/aromatic N) is 1. The Hall–Kier alpha value is -3.61. The number of amides is 1. The van der Waals surface area contributed by atoms with Crippen LogP contribution in [0.3, 0.4) is 0 Å². The molecule has 1 aromatic heterocycles. The molecule has 0 aliphatic heterocycles. The summed E-state index contributed by atoms with van der Waals surface area (Å²) in [7, 11) is 0. The van der Waals surface area contributed by atoms with E-state index in [9.17, 15) is 9.59 Å². The molecule has 0 bridgehead atoms. The molecule has 0 saturated heterocycles. The molecule has 0 unspecified atom stereocenters. The standard InChI is InChI=1S/C23H24N2O5/c1-14-5-9-19(10-6-14)24-22(26)17(4)29-23(27)18-7-11-20(12-8-18)28-13-21-15(2)25-30-16(21)3/h5-12,17H,13H2,1-4H3,(H,24,26)/t17-/m0/s1. The Morgan fingerprint density at radius 1 is 1.03 bits per heavy atom. The molecular weight excluding hydrogens is 384 g/mol. The number of carbonyl (C=O) groups excluding carboxylic acids is 2. The summed E-state index contributed by atoms with van der Waals surface area (Å²) in [5, 5.41) is 6.61.